The lowest BCUT2D eigenvalue weighted by Crippen LogP contribution is -2.49. The van der Waals surface area contributed by atoms with E-state index in [0.717, 1.165) is 56.4 Å². The first-order chi connectivity index (χ1) is 15.5. The molecular weight excluding hydrogens is 396 g/mol. The van der Waals surface area contributed by atoms with Crippen molar-refractivity contribution >= 4 is 11.7 Å². The van der Waals surface area contributed by atoms with E-state index >= 15 is 0 Å². The highest BCUT2D eigenvalue weighted by molar-refractivity contribution is 5.76. The standard InChI is InChI=1S/C27H32N4O/c1-20-9-11-24(12-10-20)19-25-21(2)28-22(3)29-27(25)31-17-15-30(16-18-31)26(32)14-13-23-7-5-4-6-8-23/h4-12H,13-19H2,1-3H3. The summed E-state index contributed by atoms with van der Waals surface area (Å²) in [6, 6.07) is 18.9. The van der Waals surface area contributed by atoms with Gasteiger partial charge in [-0.15, -0.1) is 0 Å². The summed E-state index contributed by atoms with van der Waals surface area (Å²) in [6.45, 7) is 9.21. The Labute approximate surface area is 191 Å². The number of hydrogen-bond donors (Lipinski definition) is 0. The van der Waals surface area contributed by atoms with E-state index in [-0.39, 0.29) is 5.91 Å². The van der Waals surface area contributed by atoms with Crippen molar-refractivity contribution < 1.29 is 4.79 Å². The molecule has 2 heterocycles. The van der Waals surface area contributed by atoms with Gasteiger partial charge in [-0.2, -0.15) is 0 Å². The zero-order valence-corrected chi connectivity index (χ0v) is 19.3. The summed E-state index contributed by atoms with van der Waals surface area (Å²) in [4.78, 5) is 26.5. The van der Waals surface area contributed by atoms with Crippen molar-refractivity contribution in [3.05, 3.63) is 88.4 Å². The van der Waals surface area contributed by atoms with Crippen LogP contribution in [0.3, 0.4) is 0 Å². The number of hydrogen-bond acceptors (Lipinski definition) is 4. The molecule has 0 unspecified atom stereocenters. The van der Waals surface area contributed by atoms with E-state index in [1.54, 1.807) is 0 Å². The van der Waals surface area contributed by atoms with Crippen molar-refractivity contribution in [1.82, 2.24) is 14.9 Å². The summed E-state index contributed by atoms with van der Waals surface area (Å²) < 4.78 is 0. The number of anilines is 1. The molecule has 0 bridgehead atoms. The quantitative estimate of drug-likeness (QED) is 0.588. The SMILES string of the molecule is Cc1ccc(Cc2c(C)nc(C)nc2N2CCN(C(=O)CCc3ccccc3)CC2)cc1. The minimum Gasteiger partial charge on any atom is -0.353 e. The fourth-order valence-corrected chi connectivity index (χ4v) is 4.32. The van der Waals surface area contributed by atoms with Gasteiger partial charge in [0.05, 0.1) is 0 Å². The van der Waals surface area contributed by atoms with E-state index in [2.05, 4.69) is 60.1 Å². The largest absolute Gasteiger partial charge is 0.353 e. The zero-order chi connectivity index (χ0) is 22.5. The van der Waals surface area contributed by atoms with Crippen molar-refractivity contribution in [2.24, 2.45) is 0 Å². The normalized spacial score (nSPS) is 14.0. The van der Waals surface area contributed by atoms with E-state index in [1.165, 1.54) is 22.3 Å². The molecule has 1 saturated heterocycles. The van der Waals surface area contributed by atoms with Gasteiger partial charge in [0.25, 0.3) is 0 Å². The van der Waals surface area contributed by atoms with E-state index in [1.807, 2.05) is 30.0 Å². The number of amides is 1. The van der Waals surface area contributed by atoms with Gasteiger partial charge in [0.2, 0.25) is 5.91 Å². The van der Waals surface area contributed by atoms with Gasteiger partial charge in [-0.3, -0.25) is 4.79 Å². The molecule has 5 heteroatoms. The molecule has 1 fully saturated rings. The molecule has 4 rings (SSSR count). The van der Waals surface area contributed by atoms with Gasteiger partial charge in [-0.05, 0) is 38.3 Å². The van der Waals surface area contributed by atoms with E-state index in [4.69, 9.17) is 4.98 Å². The van der Waals surface area contributed by atoms with Crippen molar-refractivity contribution in [3.8, 4) is 0 Å². The summed E-state index contributed by atoms with van der Waals surface area (Å²) in [5, 5.41) is 0. The van der Waals surface area contributed by atoms with Crippen LogP contribution in [0.2, 0.25) is 0 Å². The topological polar surface area (TPSA) is 49.3 Å². The summed E-state index contributed by atoms with van der Waals surface area (Å²) in [7, 11) is 0. The fraction of sp³-hybridized carbons (Fsp3) is 0.370. The van der Waals surface area contributed by atoms with Gasteiger partial charge in [0.1, 0.15) is 11.6 Å². The van der Waals surface area contributed by atoms with Crippen LogP contribution >= 0.6 is 0 Å². The molecule has 32 heavy (non-hydrogen) atoms. The summed E-state index contributed by atoms with van der Waals surface area (Å²) >= 11 is 0. The van der Waals surface area contributed by atoms with Crippen LogP contribution in [0.25, 0.3) is 0 Å². The Bertz CT molecular complexity index is 1060. The van der Waals surface area contributed by atoms with Gasteiger partial charge in [-0.1, -0.05) is 60.2 Å². The van der Waals surface area contributed by atoms with Crippen molar-refractivity contribution in [3.63, 3.8) is 0 Å². The second-order valence-electron chi connectivity index (χ2n) is 8.67. The number of carbonyl (C=O) groups is 1. The Balaban J connectivity index is 1.42. The molecule has 1 aliphatic rings. The van der Waals surface area contributed by atoms with Gasteiger partial charge in [-0.25, -0.2) is 9.97 Å². The molecule has 0 aliphatic carbocycles. The maximum Gasteiger partial charge on any atom is 0.223 e. The number of carbonyl (C=O) groups excluding carboxylic acids is 1. The second kappa shape index (κ2) is 9.94. The average Bonchev–Trinajstić information content (AvgIpc) is 2.81. The Hall–Kier alpha value is -3.21. The van der Waals surface area contributed by atoms with Crippen LogP contribution in [0.5, 0.6) is 0 Å². The first-order valence-electron chi connectivity index (χ1n) is 11.5. The third kappa shape index (κ3) is 5.34. The first-order valence-corrected chi connectivity index (χ1v) is 11.5. The molecule has 1 aliphatic heterocycles. The number of nitrogens with zero attached hydrogens (tertiary/aromatic N) is 4. The Morgan fingerprint density at radius 2 is 1.53 bits per heavy atom. The monoisotopic (exact) mass is 428 g/mol. The predicted octanol–water partition coefficient (Wildman–Crippen LogP) is 4.27. The molecule has 3 aromatic rings. The third-order valence-electron chi connectivity index (χ3n) is 6.21. The fourth-order valence-electron chi connectivity index (χ4n) is 4.32. The molecule has 0 radical (unpaired) electrons. The molecule has 0 spiro atoms. The number of benzene rings is 2. The highest BCUT2D eigenvalue weighted by atomic mass is 16.2. The van der Waals surface area contributed by atoms with E-state index in [0.29, 0.717) is 6.42 Å². The molecular formula is C27H32N4O. The molecule has 0 N–H and O–H groups in total. The Morgan fingerprint density at radius 3 is 2.22 bits per heavy atom. The predicted molar refractivity (Wildman–Crippen MR) is 129 cm³/mol. The maximum absolute atomic E-state index is 12.7. The van der Waals surface area contributed by atoms with Crippen LogP contribution in [-0.4, -0.2) is 47.0 Å². The van der Waals surface area contributed by atoms with Crippen LogP contribution in [0, 0.1) is 20.8 Å². The lowest BCUT2D eigenvalue weighted by molar-refractivity contribution is -0.131. The van der Waals surface area contributed by atoms with Gasteiger partial charge >= 0.3 is 0 Å². The smallest absolute Gasteiger partial charge is 0.223 e. The van der Waals surface area contributed by atoms with Gasteiger partial charge in [0, 0.05) is 50.3 Å². The van der Waals surface area contributed by atoms with Crippen LogP contribution in [0.1, 0.15) is 40.2 Å². The van der Waals surface area contributed by atoms with Crippen LogP contribution in [0.15, 0.2) is 54.6 Å². The Kier molecular flexibility index (Phi) is 6.84. The molecule has 0 atom stereocenters. The van der Waals surface area contributed by atoms with E-state index < -0.39 is 0 Å². The summed E-state index contributed by atoms with van der Waals surface area (Å²) in [5.41, 5.74) is 5.96. The van der Waals surface area contributed by atoms with Crippen LogP contribution in [0.4, 0.5) is 5.82 Å². The van der Waals surface area contributed by atoms with Gasteiger partial charge in [0.15, 0.2) is 0 Å². The van der Waals surface area contributed by atoms with Crippen molar-refractivity contribution in [2.75, 3.05) is 31.1 Å². The molecule has 1 aromatic heterocycles. The third-order valence-corrected chi connectivity index (χ3v) is 6.21. The highest BCUT2D eigenvalue weighted by Gasteiger charge is 2.24. The molecule has 0 saturated carbocycles. The first kappa shape index (κ1) is 22.0. The Morgan fingerprint density at radius 1 is 0.844 bits per heavy atom. The lowest BCUT2D eigenvalue weighted by atomic mass is 10.0. The van der Waals surface area contributed by atoms with Gasteiger partial charge < -0.3 is 9.80 Å². The number of rotatable bonds is 6. The van der Waals surface area contributed by atoms with Crippen molar-refractivity contribution in [2.45, 2.75) is 40.0 Å². The van der Waals surface area contributed by atoms with E-state index in [9.17, 15) is 4.79 Å². The lowest BCUT2D eigenvalue weighted by Gasteiger charge is -2.36. The summed E-state index contributed by atoms with van der Waals surface area (Å²) in [5.74, 6) is 2.06. The molecule has 2 aromatic carbocycles. The van der Waals surface area contributed by atoms with Crippen molar-refractivity contribution in [1.29, 1.82) is 0 Å². The minimum atomic E-state index is 0.239. The van der Waals surface area contributed by atoms with Crippen LogP contribution in [-0.2, 0) is 17.6 Å². The van der Waals surface area contributed by atoms with Crippen LogP contribution < -0.4 is 4.90 Å². The summed E-state index contributed by atoms with van der Waals surface area (Å²) in [6.07, 6.45) is 2.18. The average molecular weight is 429 g/mol. The molecule has 5 nitrogen and oxygen atoms in total. The number of aromatic nitrogens is 2. The second-order valence-corrected chi connectivity index (χ2v) is 8.67. The minimum absolute atomic E-state index is 0.239. The maximum atomic E-state index is 12.7. The molecule has 1 amide bonds. The highest BCUT2D eigenvalue weighted by Crippen LogP contribution is 2.25. The zero-order valence-electron chi connectivity index (χ0n) is 19.3. The number of piperazine rings is 1. The molecule has 166 valence electrons. The number of aryl methyl sites for hydroxylation is 4.